The number of carboxylic acid groups (broad SMARTS) is 1. The number of nitrogens with zero attached hydrogens (tertiary/aromatic N) is 2. The molecule has 2 fully saturated rings. The number of carbonyl (C=O) groups is 2. The van der Waals surface area contributed by atoms with E-state index in [0.29, 0.717) is 12.5 Å². The average molecular weight is 270 g/mol. The summed E-state index contributed by atoms with van der Waals surface area (Å²) in [5.41, 5.74) is 0. The lowest BCUT2D eigenvalue weighted by atomic mass is 10.2. The molecule has 2 unspecified atom stereocenters. The maximum absolute atomic E-state index is 12.5. The van der Waals surface area contributed by atoms with Gasteiger partial charge in [-0.15, -0.1) is 0 Å². The number of hydrogen-bond donors (Lipinski definition) is 2. The number of aliphatic carboxylic acids is 1. The van der Waals surface area contributed by atoms with Crippen LogP contribution in [0.3, 0.4) is 0 Å². The quantitative estimate of drug-likeness (QED) is 0.789. The molecular weight excluding hydrogens is 248 g/mol. The first-order valence-corrected chi connectivity index (χ1v) is 6.88. The second kappa shape index (κ2) is 5.36. The molecule has 1 aliphatic heterocycles. The molecule has 0 bridgehead atoms. The Bertz CT molecular complexity index is 368. The predicted molar refractivity (Wildman–Crippen MR) is 68.7 cm³/mol. The lowest BCUT2D eigenvalue weighted by Gasteiger charge is -2.31. The molecule has 1 aliphatic carbocycles. The van der Waals surface area contributed by atoms with E-state index in [1.807, 2.05) is 13.8 Å². The number of hydrogen-bond acceptors (Lipinski definition) is 3. The average Bonchev–Trinajstić information content (AvgIpc) is 3.07. The smallest absolute Gasteiger partial charge is 0.326 e. The zero-order valence-electron chi connectivity index (χ0n) is 11.5. The first-order chi connectivity index (χ1) is 8.90. The molecule has 1 saturated carbocycles. The number of urea groups is 1. The van der Waals surface area contributed by atoms with Crippen LogP contribution in [0.15, 0.2) is 0 Å². The van der Waals surface area contributed by atoms with Crippen LogP contribution < -0.4 is 0 Å². The van der Waals surface area contributed by atoms with Crippen LogP contribution in [0.2, 0.25) is 0 Å². The van der Waals surface area contributed by atoms with Gasteiger partial charge in [0.05, 0.1) is 6.10 Å². The van der Waals surface area contributed by atoms with Gasteiger partial charge in [-0.2, -0.15) is 0 Å². The van der Waals surface area contributed by atoms with E-state index >= 15 is 0 Å². The summed E-state index contributed by atoms with van der Waals surface area (Å²) in [5, 5.41) is 18.8. The number of amides is 2. The van der Waals surface area contributed by atoms with E-state index in [1.165, 1.54) is 4.90 Å². The van der Waals surface area contributed by atoms with Crippen LogP contribution in [0, 0.1) is 5.92 Å². The van der Waals surface area contributed by atoms with Crippen LogP contribution in [-0.2, 0) is 4.79 Å². The van der Waals surface area contributed by atoms with Crippen molar-refractivity contribution in [3.63, 3.8) is 0 Å². The van der Waals surface area contributed by atoms with Gasteiger partial charge in [0, 0.05) is 25.6 Å². The molecule has 2 N–H and O–H groups in total. The number of rotatable bonds is 4. The molecule has 0 aromatic heterocycles. The molecule has 2 rings (SSSR count). The van der Waals surface area contributed by atoms with Crippen LogP contribution in [-0.4, -0.2) is 63.3 Å². The highest BCUT2D eigenvalue weighted by Crippen LogP contribution is 2.30. The van der Waals surface area contributed by atoms with Gasteiger partial charge < -0.3 is 20.0 Å². The topological polar surface area (TPSA) is 81.1 Å². The number of likely N-dealkylation sites (tertiary alicyclic amines) is 1. The summed E-state index contributed by atoms with van der Waals surface area (Å²) in [6.45, 7) is 4.84. The number of carboxylic acids is 1. The van der Waals surface area contributed by atoms with Crippen LogP contribution in [0.4, 0.5) is 4.79 Å². The molecule has 19 heavy (non-hydrogen) atoms. The van der Waals surface area contributed by atoms with Gasteiger partial charge in [-0.05, 0) is 18.8 Å². The number of aliphatic hydroxyl groups is 1. The van der Waals surface area contributed by atoms with Gasteiger partial charge in [0.2, 0.25) is 0 Å². The van der Waals surface area contributed by atoms with E-state index in [0.717, 1.165) is 12.8 Å². The third-order valence-corrected chi connectivity index (χ3v) is 3.60. The summed E-state index contributed by atoms with van der Waals surface area (Å²) in [4.78, 5) is 26.8. The highest BCUT2D eigenvalue weighted by Gasteiger charge is 2.43. The van der Waals surface area contributed by atoms with Crippen LogP contribution in [0.25, 0.3) is 0 Å². The van der Waals surface area contributed by atoms with E-state index in [2.05, 4.69) is 0 Å². The van der Waals surface area contributed by atoms with Gasteiger partial charge in [0.25, 0.3) is 0 Å². The van der Waals surface area contributed by atoms with E-state index in [4.69, 9.17) is 5.11 Å². The van der Waals surface area contributed by atoms with E-state index in [9.17, 15) is 14.7 Å². The third-order valence-electron chi connectivity index (χ3n) is 3.60. The lowest BCUT2D eigenvalue weighted by Crippen LogP contribution is -2.50. The van der Waals surface area contributed by atoms with Crippen molar-refractivity contribution in [2.75, 3.05) is 13.1 Å². The minimum Gasteiger partial charge on any atom is -0.480 e. The summed E-state index contributed by atoms with van der Waals surface area (Å²) in [5.74, 6) is -0.689. The van der Waals surface area contributed by atoms with E-state index in [1.54, 1.807) is 4.90 Å². The van der Waals surface area contributed by atoms with Gasteiger partial charge in [0.1, 0.15) is 6.04 Å². The molecule has 108 valence electrons. The Balaban J connectivity index is 2.09. The molecule has 0 aromatic carbocycles. The summed E-state index contributed by atoms with van der Waals surface area (Å²) in [6.07, 6.45) is 1.38. The van der Waals surface area contributed by atoms with Gasteiger partial charge in [-0.1, -0.05) is 13.8 Å². The van der Waals surface area contributed by atoms with Gasteiger partial charge in [-0.3, -0.25) is 0 Å². The van der Waals surface area contributed by atoms with E-state index < -0.39 is 18.1 Å². The molecule has 2 aliphatic rings. The Kier molecular flexibility index (Phi) is 3.99. The summed E-state index contributed by atoms with van der Waals surface area (Å²) in [6, 6.07) is -0.877. The van der Waals surface area contributed by atoms with Crippen molar-refractivity contribution in [2.45, 2.75) is 51.3 Å². The molecule has 0 aromatic rings. The SMILES string of the molecule is CC(C)CN(C(=O)N1CC(O)CC1C(=O)O)C1CC1. The van der Waals surface area contributed by atoms with Gasteiger partial charge >= 0.3 is 12.0 Å². The minimum atomic E-state index is -1.04. The Labute approximate surface area is 113 Å². The Hall–Kier alpha value is -1.30. The molecule has 1 heterocycles. The van der Waals surface area contributed by atoms with Gasteiger partial charge in [0.15, 0.2) is 0 Å². The monoisotopic (exact) mass is 270 g/mol. The molecule has 6 heteroatoms. The maximum Gasteiger partial charge on any atom is 0.326 e. The molecule has 2 atom stereocenters. The van der Waals surface area contributed by atoms with Crippen LogP contribution in [0.1, 0.15) is 33.1 Å². The third kappa shape index (κ3) is 3.18. The number of β-amino-alcohol motifs (C(OH)–C–C–N with tert-alkyl or cyclic N) is 1. The van der Waals surface area contributed by atoms with Crippen molar-refractivity contribution < 1.29 is 19.8 Å². The van der Waals surface area contributed by atoms with Crippen molar-refractivity contribution in [1.29, 1.82) is 0 Å². The fourth-order valence-corrected chi connectivity index (χ4v) is 2.59. The normalized spacial score (nSPS) is 26.8. The van der Waals surface area contributed by atoms with Crippen molar-refractivity contribution in [3.05, 3.63) is 0 Å². The molecule has 2 amide bonds. The fourth-order valence-electron chi connectivity index (χ4n) is 2.59. The Morgan fingerprint density at radius 3 is 2.47 bits per heavy atom. The second-order valence-electron chi connectivity index (χ2n) is 5.96. The predicted octanol–water partition coefficient (Wildman–Crippen LogP) is 0.747. The number of carbonyl (C=O) groups excluding carboxylic acids is 1. The molecule has 0 spiro atoms. The molecular formula is C13H22N2O4. The zero-order valence-corrected chi connectivity index (χ0v) is 11.5. The Morgan fingerprint density at radius 2 is 2.00 bits per heavy atom. The minimum absolute atomic E-state index is 0.122. The lowest BCUT2D eigenvalue weighted by molar-refractivity contribution is -0.141. The highest BCUT2D eigenvalue weighted by molar-refractivity contribution is 5.83. The highest BCUT2D eigenvalue weighted by atomic mass is 16.4. The van der Waals surface area contributed by atoms with Gasteiger partial charge in [-0.25, -0.2) is 9.59 Å². The molecule has 0 radical (unpaired) electrons. The summed E-state index contributed by atoms with van der Waals surface area (Å²) < 4.78 is 0. The molecule has 6 nitrogen and oxygen atoms in total. The van der Waals surface area contributed by atoms with Crippen molar-refractivity contribution >= 4 is 12.0 Å². The van der Waals surface area contributed by atoms with Crippen molar-refractivity contribution in [1.82, 2.24) is 9.80 Å². The largest absolute Gasteiger partial charge is 0.480 e. The van der Waals surface area contributed by atoms with Crippen molar-refractivity contribution in [3.8, 4) is 0 Å². The fraction of sp³-hybridized carbons (Fsp3) is 0.846. The Morgan fingerprint density at radius 1 is 1.37 bits per heavy atom. The first kappa shape index (κ1) is 14.1. The molecule has 1 saturated heterocycles. The maximum atomic E-state index is 12.5. The van der Waals surface area contributed by atoms with Crippen LogP contribution >= 0.6 is 0 Å². The summed E-state index contributed by atoms with van der Waals surface area (Å²) >= 11 is 0. The standard InChI is InChI=1S/C13H22N2O4/c1-8(2)6-14(9-3-4-9)13(19)15-7-10(16)5-11(15)12(17)18/h8-11,16H,3-7H2,1-2H3,(H,17,18). The van der Waals surface area contributed by atoms with E-state index in [-0.39, 0.29) is 25.0 Å². The van der Waals surface area contributed by atoms with Crippen molar-refractivity contribution in [2.24, 2.45) is 5.92 Å². The van der Waals surface area contributed by atoms with Crippen LogP contribution in [0.5, 0.6) is 0 Å². The first-order valence-electron chi connectivity index (χ1n) is 6.88. The summed E-state index contributed by atoms with van der Waals surface area (Å²) in [7, 11) is 0. The second-order valence-corrected chi connectivity index (χ2v) is 5.96. The number of aliphatic hydroxyl groups excluding tert-OH is 1. The zero-order chi connectivity index (χ0) is 14.2.